The summed E-state index contributed by atoms with van der Waals surface area (Å²) in [5, 5.41) is 3.71. The Hall–Kier alpha value is -2.18. The van der Waals surface area contributed by atoms with Crippen LogP contribution in [0.2, 0.25) is 5.02 Å². The van der Waals surface area contributed by atoms with Crippen molar-refractivity contribution >= 4 is 23.2 Å². The quantitative estimate of drug-likeness (QED) is 0.842. The monoisotopic (exact) mass is 393 g/mol. The predicted molar refractivity (Wildman–Crippen MR) is 103 cm³/mol. The number of benzene rings is 2. The fourth-order valence-electron chi connectivity index (χ4n) is 3.20. The van der Waals surface area contributed by atoms with Crippen molar-refractivity contribution in [2.45, 2.75) is 13.0 Å². The first-order chi connectivity index (χ1) is 12.9. The van der Waals surface area contributed by atoms with E-state index >= 15 is 0 Å². The maximum Gasteiger partial charge on any atom is 0.236 e. The summed E-state index contributed by atoms with van der Waals surface area (Å²) in [5.74, 6) is -1.26. The molecule has 0 aromatic heterocycles. The molecule has 144 valence electrons. The van der Waals surface area contributed by atoms with Gasteiger partial charge >= 0.3 is 0 Å². The van der Waals surface area contributed by atoms with E-state index in [2.05, 4.69) is 10.2 Å². The molecule has 1 aliphatic rings. The summed E-state index contributed by atoms with van der Waals surface area (Å²) in [6.45, 7) is 4.55. The fourth-order valence-corrected chi connectivity index (χ4v) is 3.39. The first-order valence-corrected chi connectivity index (χ1v) is 9.28. The van der Waals surface area contributed by atoms with E-state index in [9.17, 15) is 13.6 Å². The SMILES string of the molecule is C[C@H](NCC(=O)N1CCN(c2cccc(Cl)c2)CC1)c1ccc(F)cc1F. The normalized spacial score (nSPS) is 15.7. The van der Waals surface area contributed by atoms with Crippen molar-refractivity contribution in [3.05, 3.63) is 64.7 Å². The van der Waals surface area contributed by atoms with Gasteiger partial charge in [-0.1, -0.05) is 23.7 Å². The number of amides is 1. The minimum atomic E-state index is -0.614. The van der Waals surface area contributed by atoms with Crippen molar-refractivity contribution in [2.24, 2.45) is 0 Å². The summed E-state index contributed by atoms with van der Waals surface area (Å²) in [7, 11) is 0. The number of hydrogen-bond donors (Lipinski definition) is 1. The van der Waals surface area contributed by atoms with Crippen molar-refractivity contribution in [1.82, 2.24) is 10.2 Å². The van der Waals surface area contributed by atoms with E-state index in [0.717, 1.165) is 24.8 Å². The lowest BCUT2D eigenvalue weighted by molar-refractivity contribution is -0.130. The number of anilines is 1. The Morgan fingerprint density at radius 1 is 1.15 bits per heavy atom. The molecule has 0 saturated carbocycles. The van der Waals surface area contributed by atoms with Crippen LogP contribution in [0.1, 0.15) is 18.5 Å². The van der Waals surface area contributed by atoms with Crippen LogP contribution < -0.4 is 10.2 Å². The first-order valence-electron chi connectivity index (χ1n) is 8.90. The second-order valence-corrected chi connectivity index (χ2v) is 7.05. The van der Waals surface area contributed by atoms with Gasteiger partial charge in [-0.05, 0) is 31.2 Å². The number of nitrogens with one attached hydrogen (secondary N) is 1. The molecular weight excluding hydrogens is 372 g/mol. The lowest BCUT2D eigenvalue weighted by Gasteiger charge is -2.36. The zero-order chi connectivity index (χ0) is 19.4. The Balaban J connectivity index is 1.49. The van der Waals surface area contributed by atoms with Crippen LogP contribution in [-0.4, -0.2) is 43.5 Å². The van der Waals surface area contributed by atoms with Crippen molar-refractivity contribution < 1.29 is 13.6 Å². The van der Waals surface area contributed by atoms with Gasteiger partial charge in [0, 0.05) is 54.6 Å². The molecule has 4 nitrogen and oxygen atoms in total. The first kappa shape index (κ1) is 19.6. The standard InChI is InChI=1S/C20H22ClF2N3O/c1-14(18-6-5-16(22)12-19(18)23)24-13-20(27)26-9-7-25(8-10-26)17-4-2-3-15(21)11-17/h2-6,11-12,14,24H,7-10,13H2,1H3/t14-/m0/s1. The number of halogens is 3. The maximum atomic E-state index is 13.8. The molecule has 0 spiro atoms. The predicted octanol–water partition coefficient (Wildman–Crippen LogP) is 3.62. The van der Waals surface area contributed by atoms with Gasteiger partial charge in [-0.25, -0.2) is 8.78 Å². The third kappa shape index (κ3) is 4.96. The molecule has 0 aliphatic carbocycles. The molecule has 2 aromatic carbocycles. The van der Waals surface area contributed by atoms with E-state index in [1.54, 1.807) is 11.8 Å². The van der Waals surface area contributed by atoms with Crippen LogP contribution in [0.5, 0.6) is 0 Å². The lowest BCUT2D eigenvalue weighted by atomic mass is 10.1. The second-order valence-electron chi connectivity index (χ2n) is 6.62. The van der Waals surface area contributed by atoms with E-state index in [1.165, 1.54) is 12.1 Å². The Kier molecular flexibility index (Phi) is 6.29. The minimum absolute atomic E-state index is 0.0323. The molecule has 3 rings (SSSR count). The summed E-state index contributed by atoms with van der Waals surface area (Å²) in [4.78, 5) is 16.4. The van der Waals surface area contributed by atoms with E-state index in [0.29, 0.717) is 23.7 Å². The maximum absolute atomic E-state index is 13.8. The van der Waals surface area contributed by atoms with Crippen LogP contribution in [0, 0.1) is 11.6 Å². The molecule has 27 heavy (non-hydrogen) atoms. The van der Waals surface area contributed by atoms with Gasteiger partial charge in [-0.3, -0.25) is 4.79 Å². The lowest BCUT2D eigenvalue weighted by Crippen LogP contribution is -2.51. The molecule has 1 heterocycles. The minimum Gasteiger partial charge on any atom is -0.368 e. The van der Waals surface area contributed by atoms with Gasteiger partial charge in [0.2, 0.25) is 5.91 Å². The molecule has 7 heteroatoms. The van der Waals surface area contributed by atoms with E-state index in [-0.39, 0.29) is 18.5 Å². The summed E-state index contributed by atoms with van der Waals surface area (Å²) in [5.41, 5.74) is 1.39. The van der Waals surface area contributed by atoms with Crippen LogP contribution in [0.25, 0.3) is 0 Å². The third-order valence-corrected chi connectivity index (χ3v) is 5.03. The molecule has 1 N–H and O–H groups in total. The van der Waals surface area contributed by atoms with Gasteiger partial charge in [0.1, 0.15) is 11.6 Å². The number of carbonyl (C=O) groups is 1. The molecule has 1 aliphatic heterocycles. The molecule has 0 unspecified atom stereocenters. The van der Waals surface area contributed by atoms with Crippen LogP contribution in [-0.2, 0) is 4.79 Å². The average Bonchev–Trinajstić information content (AvgIpc) is 2.66. The van der Waals surface area contributed by atoms with Crippen molar-refractivity contribution in [3.8, 4) is 0 Å². The smallest absolute Gasteiger partial charge is 0.236 e. The Morgan fingerprint density at radius 3 is 2.56 bits per heavy atom. The van der Waals surface area contributed by atoms with Gasteiger partial charge < -0.3 is 15.1 Å². The second kappa shape index (κ2) is 8.67. The van der Waals surface area contributed by atoms with Crippen molar-refractivity contribution in [2.75, 3.05) is 37.6 Å². The topological polar surface area (TPSA) is 35.6 Å². The van der Waals surface area contributed by atoms with Gasteiger partial charge in [-0.15, -0.1) is 0 Å². The number of carbonyl (C=O) groups excluding carboxylic acids is 1. The van der Waals surface area contributed by atoms with E-state index in [4.69, 9.17) is 11.6 Å². The average molecular weight is 394 g/mol. The molecule has 0 bridgehead atoms. The van der Waals surface area contributed by atoms with Crippen molar-refractivity contribution in [3.63, 3.8) is 0 Å². The summed E-state index contributed by atoms with van der Waals surface area (Å²) in [6, 6.07) is 10.7. The highest BCUT2D eigenvalue weighted by Gasteiger charge is 2.22. The Labute approximate surface area is 162 Å². The van der Waals surface area contributed by atoms with Gasteiger partial charge in [0.05, 0.1) is 6.54 Å². The summed E-state index contributed by atoms with van der Waals surface area (Å²) >= 11 is 6.04. The van der Waals surface area contributed by atoms with Crippen LogP contribution >= 0.6 is 11.6 Å². The fraction of sp³-hybridized carbons (Fsp3) is 0.350. The molecule has 1 atom stereocenters. The van der Waals surface area contributed by atoms with E-state index < -0.39 is 11.6 Å². The van der Waals surface area contributed by atoms with Crippen LogP contribution in [0.4, 0.5) is 14.5 Å². The molecular formula is C20H22ClF2N3O. The van der Waals surface area contributed by atoms with Crippen LogP contribution in [0.15, 0.2) is 42.5 Å². The third-order valence-electron chi connectivity index (χ3n) is 4.79. The molecule has 0 radical (unpaired) electrons. The zero-order valence-corrected chi connectivity index (χ0v) is 15.8. The Morgan fingerprint density at radius 2 is 1.89 bits per heavy atom. The highest BCUT2D eigenvalue weighted by Crippen LogP contribution is 2.21. The molecule has 2 aromatic rings. The highest BCUT2D eigenvalue weighted by molar-refractivity contribution is 6.30. The summed E-state index contributed by atoms with van der Waals surface area (Å²) in [6.07, 6.45) is 0. The van der Waals surface area contributed by atoms with Crippen molar-refractivity contribution in [1.29, 1.82) is 0 Å². The number of nitrogens with zero attached hydrogens (tertiary/aromatic N) is 2. The number of piperazine rings is 1. The largest absolute Gasteiger partial charge is 0.368 e. The number of hydrogen-bond acceptors (Lipinski definition) is 3. The molecule has 1 saturated heterocycles. The highest BCUT2D eigenvalue weighted by atomic mass is 35.5. The summed E-state index contributed by atoms with van der Waals surface area (Å²) < 4.78 is 26.8. The van der Waals surface area contributed by atoms with Gasteiger partial charge in [0.15, 0.2) is 0 Å². The van der Waals surface area contributed by atoms with Gasteiger partial charge in [0.25, 0.3) is 0 Å². The van der Waals surface area contributed by atoms with Crippen LogP contribution in [0.3, 0.4) is 0 Å². The molecule has 1 fully saturated rings. The zero-order valence-electron chi connectivity index (χ0n) is 15.1. The number of rotatable bonds is 5. The molecule has 1 amide bonds. The van der Waals surface area contributed by atoms with E-state index in [1.807, 2.05) is 24.3 Å². The van der Waals surface area contributed by atoms with Gasteiger partial charge in [-0.2, -0.15) is 0 Å². The Bertz CT molecular complexity index is 810.